The van der Waals surface area contributed by atoms with Gasteiger partial charge in [-0.2, -0.15) is 0 Å². The van der Waals surface area contributed by atoms with E-state index in [1.54, 1.807) is 6.92 Å². The Labute approximate surface area is 121 Å². The van der Waals surface area contributed by atoms with E-state index in [4.69, 9.17) is 0 Å². The minimum Gasteiger partial charge on any atom is -0.393 e. The molecule has 1 fully saturated rings. The van der Waals surface area contributed by atoms with E-state index in [1.807, 2.05) is 4.90 Å². The van der Waals surface area contributed by atoms with Gasteiger partial charge in [0.15, 0.2) is 0 Å². The van der Waals surface area contributed by atoms with Crippen LogP contribution >= 0.6 is 0 Å². The Kier molecular flexibility index (Phi) is 4.37. The first-order valence-electron chi connectivity index (χ1n) is 6.76. The van der Waals surface area contributed by atoms with Crippen LogP contribution in [-0.4, -0.2) is 34.1 Å². The molecule has 114 valence electrons. The van der Waals surface area contributed by atoms with Gasteiger partial charge in [-0.25, -0.2) is 0 Å². The lowest BCUT2D eigenvalue weighted by atomic mass is 9.93. The standard InChI is InChI=1S/C13H17N3O5/c1-9(17)10-3-2-6-14(8-10)12-5-4-11(15(18)19)7-13(12)16(20)21/h4-5,7,9-10,17H,2-3,6,8H2,1H3. The molecule has 0 saturated carbocycles. The number of nitro groups is 2. The van der Waals surface area contributed by atoms with E-state index in [9.17, 15) is 25.3 Å². The molecule has 0 bridgehead atoms. The van der Waals surface area contributed by atoms with Crippen LogP contribution in [0.15, 0.2) is 18.2 Å². The number of nitrogens with zero attached hydrogens (tertiary/aromatic N) is 3. The van der Waals surface area contributed by atoms with Crippen molar-refractivity contribution in [2.45, 2.75) is 25.9 Å². The minimum atomic E-state index is -0.647. The maximum Gasteiger partial charge on any atom is 0.299 e. The first kappa shape index (κ1) is 15.2. The highest BCUT2D eigenvalue weighted by Crippen LogP contribution is 2.34. The molecule has 0 spiro atoms. The zero-order valence-corrected chi connectivity index (χ0v) is 11.6. The predicted molar refractivity (Wildman–Crippen MR) is 76.4 cm³/mol. The van der Waals surface area contributed by atoms with Crippen molar-refractivity contribution in [1.82, 2.24) is 0 Å². The topological polar surface area (TPSA) is 110 Å². The lowest BCUT2D eigenvalue weighted by molar-refractivity contribution is -0.393. The Morgan fingerprint density at radius 2 is 2.05 bits per heavy atom. The average molecular weight is 295 g/mol. The number of anilines is 1. The molecule has 1 aliphatic heterocycles. The summed E-state index contributed by atoms with van der Waals surface area (Å²) < 4.78 is 0. The van der Waals surface area contributed by atoms with Gasteiger partial charge in [-0.05, 0) is 25.8 Å². The van der Waals surface area contributed by atoms with Crippen LogP contribution in [0, 0.1) is 26.1 Å². The summed E-state index contributed by atoms with van der Waals surface area (Å²) in [4.78, 5) is 22.5. The molecule has 0 amide bonds. The van der Waals surface area contributed by atoms with Crippen LogP contribution in [0.2, 0.25) is 0 Å². The summed E-state index contributed by atoms with van der Waals surface area (Å²) in [6.45, 7) is 2.86. The normalized spacial score (nSPS) is 20.1. The number of aliphatic hydroxyl groups excluding tert-OH is 1. The Bertz CT molecular complexity index is 561. The molecule has 1 aromatic carbocycles. The summed E-state index contributed by atoms with van der Waals surface area (Å²) in [7, 11) is 0. The fourth-order valence-electron chi connectivity index (χ4n) is 2.66. The van der Waals surface area contributed by atoms with Gasteiger partial charge in [-0.15, -0.1) is 0 Å². The van der Waals surface area contributed by atoms with E-state index < -0.39 is 16.0 Å². The van der Waals surface area contributed by atoms with Crippen molar-refractivity contribution in [2.75, 3.05) is 18.0 Å². The molecule has 0 radical (unpaired) electrons. The molecule has 1 saturated heterocycles. The largest absolute Gasteiger partial charge is 0.393 e. The molecular formula is C13H17N3O5. The molecule has 21 heavy (non-hydrogen) atoms. The number of benzene rings is 1. The molecule has 1 N–H and O–H groups in total. The van der Waals surface area contributed by atoms with Crippen molar-refractivity contribution in [2.24, 2.45) is 5.92 Å². The molecule has 1 aromatic rings. The van der Waals surface area contributed by atoms with Crippen molar-refractivity contribution < 1.29 is 15.0 Å². The summed E-state index contributed by atoms with van der Waals surface area (Å²) in [6, 6.07) is 3.68. The van der Waals surface area contributed by atoms with Gasteiger partial charge in [0.2, 0.25) is 0 Å². The Morgan fingerprint density at radius 3 is 2.62 bits per heavy atom. The van der Waals surface area contributed by atoms with Crippen molar-refractivity contribution in [3.05, 3.63) is 38.4 Å². The van der Waals surface area contributed by atoms with Gasteiger partial charge >= 0.3 is 0 Å². The van der Waals surface area contributed by atoms with E-state index in [-0.39, 0.29) is 17.3 Å². The molecule has 8 heteroatoms. The molecule has 8 nitrogen and oxygen atoms in total. The summed E-state index contributed by atoms with van der Waals surface area (Å²) in [6.07, 6.45) is 1.21. The number of non-ortho nitro benzene ring substituents is 1. The summed E-state index contributed by atoms with van der Waals surface area (Å²) in [5, 5.41) is 31.6. The first-order chi connectivity index (χ1) is 9.90. The van der Waals surface area contributed by atoms with Crippen LogP contribution in [0.3, 0.4) is 0 Å². The van der Waals surface area contributed by atoms with Crippen LogP contribution < -0.4 is 4.90 Å². The summed E-state index contributed by atoms with van der Waals surface area (Å²) in [5.74, 6) is 0.0496. The second-order valence-corrected chi connectivity index (χ2v) is 5.28. The molecule has 1 heterocycles. The Morgan fingerprint density at radius 1 is 1.33 bits per heavy atom. The van der Waals surface area contributed by atoms with Gasteiger partial charge in [0, 0.05) is 25.1 Å². The van der Waals surface area contributed by atoms with Crippen molar-refractivity contribution in [3.63, 3.8) is 0 Å². The number of hydrogen-bond donors (Lipinski definition) is 1. The third-order valence-corrected chi connectivity index (χ3v) is 3.85. The molecule has 2 rings (SSSR count). The molecule has 0 aromatic heterocycles. The van der Waals surface area contributed by atoms with Gasteiger partial charge < -0.3 is 10.0 Å². The number of aliphatic hydroxyl groups is 1. The first-order valence-corrected chi connectivity index (χ1v) is 6.76. The van der Waals surface area contributed by atoms with E-state index in [2.05, 4.69) is 0 Å². The van der Waals surface area contributed by atoms with E-state index in [0.29, 0.717) is 18.8 Å². The number of hydrogen-bond acceptors (Lipinski definition) is 6. The predicted octanol–water partition coefficient (Wildman–Crippen LogP) is 2.10. The fraction of sp³-hybridized carbons (Fsp3) is 0.538. The monoisotopic (exact) mass is 295 g/mol. The van der Waals surface area contributed by atoms with E-state index in [1.165, 1.54) is 12.1 Å². The van der Waals surface area contributed by atoms with Crippen molar-refractivity contribution >= 4 is 17.1 Å². The number of rotatable bonds is 4. The Balaban J connectivity index is 2.34. The SMILES string of the molecule is CC(O)C1CCCN(c2ccc([N+](=O)[O-])cc2[N+](=O)[O-])C1. The third-order valence-electron chi connectivity index (χ3n) is 3.85. The van der Waals surface area contributed by atoms with E-state index in [0.717, 1.165) is 18.9 Å². The molecular weight excluding hydrogens is 278 g/mol. The van der Waals surface area contributed by atoms with Crippen molar-refractivity contribution in [1.29, 1.82) is 0 Å². The van der Waals surface area contributed by atoms with Crippen molar-refractivity contribution in [3.8, 4) is 0 Å². The highest BCUT2D eigenvalue weighted by atomic mass is 16.6. The third kappa shape index (κ3) is 3.27. The van der Waals surface area contributed by atoms with Gasteiger partial charge in [-0.1, -0.05) is 0 Å². The zero-order valence-electron chi connectivity index (χ0n) is 11.6. The fourth-order valence-corrected chi connectivity index (χ4v) is 2.66. The lowest BCUT2D eigenvalue weighted by Crippen LogP contribution is -2.39. The summed E-state index contributed by atoms with van der Waals surface area (Å²) in [5.41, 5.74) is -0.194. The van der Waals surface area contributed by atoms with Crippen LogP contribution in [0.4, 0.5) is 17.1 Å². The molecule has 2 unspecified atom stereocenters. The number of piperidine rings is 1. The molecule has 1 aliphatic rings. The second kappa shape index (κ2) is 6.04. The van der Waals surface area contributed by atoms with E-state index >= 15 is 0 Å². The van der Waals surface area contributed by atoms with Crippen LogP contribution in [0.25, 0.3) is 0 Å². The maximum absolute atomic E-state index is 11.2. The zero-order chi connectivity index (χ0) is 15.6. The van der Waals surface area contributed by atoms with Crippen LogP contribution in [0.1, 0.15) is 19.8 Å². The quantitative estimate of drug-likeness (QED) is 0.672. The van der Waals surface area contributed by atoms with Gasteiger partial charge in [0.05, 0.1) is 22.0 Å². The maximum atomic E-state index is 11.2. The highest BCUT2D eigenvalue weighted by molar-refractivity contribution is 5.67. The smallest absolute Gasteiger partial charge is 0.299 e. The van der Waals surface area contributed by atoms with Gasteiger partial charge in [0.1, 0.15) is 5.69 Å². The van der Waals surface area contributed by atoms with Crippen LogP contribution in [0.5, 0.6) is 0 Å². The lowest BCUT2D eigenvalue weighted by Gasteiger charge is -2.35. The average Bonchev–Trinajstić information content (AvgIpc) is 2.46. The van der Waals surface area contributed by atoms with Gasteiger partial charge in [-0.3, -0.25) is 20.2 Å². The minimum absolute atomic E-state index is 0.0496. The van der Waals surface area contributed by atoms with Crippen LogP contribution in [-0.2, 0) is 0 Å². The summed E-state index contributed by atoms with van der Waals surface area (Å²) >= 11 is 0. The number of nitro benzene ring substituents is 2. The molecule has 0 aliphatic carbocycles. The van der Waals surface area contributed by atoms with Gasteiger partial charge in [0.25, 0.3) is 11.4 Å². The second-order valence-electron chi connectivity index (χ2n) is 5.28. The Hall–Kier alpha value is -2.22. The highest BCUT2D eigenvalue weighted by Gasteiger charge is 2.29. The molecule has 2 atom stereocenters.